The van der Waals surface area contributed by atoms with Gasteiger partial charge in [-0.2, -0.15) is 4.37 Å². The van der Waals surface area contributed by atoms with Crippen molar-refractivity contribution in [1.82, 2.24) is 9.36 Å². The highest BCUT2D eigenvalue weighted by Crippen LogP contribution is 2.33. The van der Waals surface area contributed by atoms with E-state index in [0.29, 0.717) is 17.4 Å². The Hall–Kier alpha value is -2.58. The van der Waals surface area contributed by atoms with E-state index >= 15 is 0 Å². The van der Waals surface area contributed by atoms with Gasteiger partial charge in [0.25, 0.3) is 0 Å². The van der Waals surface area contributed by atoms with Gasteiger partial charge < -0.3 is 9.47 Å². The highest BCUT2D eigenvalue weighted by molar-refractivity contribution is 7.07. The second-order valence-corrected chi connectivity index (χ2v) is 6.37. The van der Waals surface area contributed by atoms with Crippen molar-refractivity contribution in [3.8, 4) is 34.5 Å². The molecule has 0 saturated heterocycles. The number of fused-ring (bicyclic) bond motifs is 1. The van der Waals surface area contributed by atoms with Gasteiger partial charge in [-0.15, -0.1) is 0 Å². The van der Waals surface area contributed by atoms with Crippen molar-refractivity contribution in [1.29, 1.82) is 0 Å². The Morgan fingerprint density at radius 1 is 1.04 bits per heavy atom. The first-order chi connectivity index (χ1) is 11.6. The predicted octanol–water partition coefficient (Wildman–Crippen LogP) is 4.38. The van der Waals surface area contributed by atoms with E-state index in [1.807, 2.05) is 30.5 Å². The quantitative estimate of drug-likeness (QED) is 0.665. The van der Waals surface area contributed by atoms with Crippen LogP contribution < -0.4 is 9.47 Å². The normalized spacial score (nSPS) is 10.5. The molecule has 2 aromatic heterocycles. The van der Waals surface area contributed by atoms with Crippen molar-refractivity contribution in [2.45, 2.75) is 13.8 Å². The summed E-state index contributed by atoms with van der Waals surface area (Å²) in [6, 6.07) is 7.84. The second kappa shape index (κ2) is 6.90. The topological polar surface area (TPSA) is 44.2 Å². The van der Waals surface area contributed by atoms with Gasteiger partial charge in [-0.25, -0.2) is 0 Å². The zero-order chi connectivity index (χ0) is 17.1. The summed E-state index contributed by atoms with van der Waals surface area (Å²) in [6.07, 6.45) is 1.85. The minimum Gasteiger partial charge on any atom is -0.493 e. The van der Waals surface area contributed by atoms with Crippen LogP contribution in [0.4, 0.5) is 0 Å². The molecule has 24 heavy (non-hydrogen) atoms. The van der Waals surface area contributed by atoms with E-state index in [4.69, 9.17) is 9.47 Å². The molecule has 4 nitrogen and oxygen atoms in total. The number of ether oxygens (including phenoxy) is 2. The molecule has 0 amide bonds. The Bertz CT molecular complexity index is 935. The average molecular weight is 338 g/mol. The summed E-state index contributed by atoms with van der Waals surface area (Å²) in [6.45, 7) is 4.14. The molecular weight excluding hydrogens is 320 g/mol. The van der Waals surface area contributed by atoms with E-state index < -0.39 is 0 Å². The van der Waals surface area contributed by atoms with Crippen molar-refractivity contribution in [2.24, 2.45) is 5.92 Å². The van der Waals surface area contributed by atoms with Gasteiger partial charge >= 0.3 is 0 Å². The van der Waals surface area contributed by atoms with Crippen LogP contribution in [-0.2, 0) is 0 Å². The third-order valence-corrected chi connectivity index (χ3v) is 4.28. The number of hydrogen-bond donors (Lipinski definition) is 0. The molecule has 0 aliphatic rings. The van der Waals surface area contributed by atoms with Crippen LogP contribution in [0.1, 0.15) is 18.7 Å². The molecule has 2 heterocycles. The Morgan fingerprint density at radius 3 is 2.54 bits per heavy atom. The molecule has 0 radical (unpaired) electrons. The van der Waals surface area contributed by atoms with E-state index in [9.17, 15) is 0 Å². The van der Waals surface area contributed by atoms with Crippen LogP contribution in [0, 0.1) is 17.8 Å². The van der Waals surface area contributed by atoms with Crippen LogP contribution in [0.25, 0.3) is 22.2 Å². The maximum Gasteiger partial charge on any atom is 0.161 e. The molecule has 122 valence electrons. The van der Waals surface area contributed by atoms with E-state index in [2.05, 4.69) is 35.0 Å². The van der Waals surface area contributed by atoms with Crippen molar-refractivity contribution >= 4 is 22.6 Å². The average Bonchev–Trinajstić information content (AvgIpc) is 3.01. The first kappa shape index (κ1) is 16.3. The fourth-order valence-electron chi connectivity index (χ4n) is 2.30. The molecule has 0 atom stereocenters. The highest BCUT2D eigenvalue weighted by Gasteiger charge is 2.10. The third kappa shape index (κ3) is 3.19. The molecule has 0 spiro atoms. The molecule has 5 heteroatoms. The molecule has 0 aliphatic heterocycles. The number of methoxy groups -OCH3 is 2. The van der Waals surface area contributed by atoms with Crippen molar-refractivity contribution in [2.75, 3.05) is 14.2 Å². The van der Waals surface area contributed by atoms with Gasteiger partial charge in [-0.3, -0.25) is 4.98 Å². The van der Waals surface area contributed by atoms with Gasteiger partial charge in [0.15, 0.2) is 11.5 Å². The van der Waals surface area contributed by atoms with Crippen LogP contribution in [0.15, 0.2) is 30.5 Å². The van der Waals surface area contributed by atoms with Gasteiger partial charge in [0.05, 0.1) is 14.2 Å². The molecule has 1 aromatic carbocycles. The third-order valence-electron chi connectivity index (χ3n) is 3.51. The van der Waals surface area contributed by atoms with Crippen molar-refractivity contribution in [3.63, 3.8) is 0 Å². The van der Waals surface area contributed by atoms with Gasteiger partial charge in [0.1, 0.15) is 15.9 Å². The first-order valence-corrected chi connectivity index (χ1v) is 8.39. The smallest absolute Gasteiger partial charge is 0.161 e. The van der Waals surface area contributed by atoms with E-state index in [-0.39, 0.29) is 0 Å². The molecule has 0 saturated carbocycles. The SMILES string of the molecule is COc1ccc(-c2cnc3c(C#CC(C)C)snc3c2)cc1OC. The lowest BCUT2D eigenvalue weighted by atomic mass is 10.1. The Labute approximate surface area is 145 Å². The fraction of sp³-hybridized carbons (Fsp3) is 0.263. The molecule has 0 aliphatic carbocycles. The van der Waals surface area contributed by atoms with Crippen LogP contribution >= 0.6 is 11.5 Å². The Kier molecular flexibility index (Phi) is 4.68. The summed E-state index contributed by atoms with van der Waals surface area (Å²) in [7, 11) is 3.25. The Balaban J connectivity index is 2.02. The van der Waals surface area contributed by atoms with Gasteiger partial charge in [0, 0.05) is 17.7 Å². The molecule has 3 rings (SSSR count). The minimum absolute atomic E-state index is 0.327. The van der Waals surface area contributed by atoms with Gasteiger partial charge in [-0.05, 0) is 35.3 Å². The fourth-order valence-corrected chi connectivity index (χ4v) is 2.98. The standard InChI is InChI=1S/C19H18N2O2S/c1-12(2)5-8-18-19-15(21-24-18)9-14(11-20-19)13-6-7-16(22-3)17(10-13)23-4/h6-7,9-12H,1-4H3. The largest absolute Gasteiger partial charge is 0.493 e. The number of hydrogen-bond acceptors (Lipinski definition) is 5. The van der Waals surface area contributed by atoms with E-state index in [0.717, 1.165) is 27.0 Å². The lowest BCUT2D eigenvalue weighted by Crippen LogP contribution is -1.91. The summed E-state index contributed by atoms with van der Waals surface area (Å²) < 4.78 is 15.1. The van der Waals surface area contributed by atoms with Crippen LogP contribution in [0.5, 0.6) is 11.5 Å². The maximum atomic E-state index is 5.37. The zero-order valence-corrected chi connectivity index (χ0v) is 14.9. The van der Waals surface area contributed by atoms with Crippen molar-refractivity contribution < 1.29 is 9.47 Å². The second-order valence-electron chi connectivity index (χ2n) is 5.60. The van der Waals surface area contributed by atoms with E-state index in [1.165, 1.54) is 11.5 Å². The lowest BCUT2D eigenvalue weighted by molar-refractivity contribution is 0.355. The minimum atomic E-state index is 0.327. The number of nitrogens with zero attached hydrogens (tertiary/aromatic N) is 2. The van der Waals surface area contributed by atoms with Crippen molar-refractivity contribution in [3.05, 3.63) is 35.3 Å². The maximum absolute atomic E-state index is 5.37. The molecular formula is C19H18N2O2S. The van der Waals surface area contributed by atoms with Gasteiger partial charge in [-0.1, -0.05) is 31.8 Å². The van der Waals surface area contributed by atoms with Crippen LogP contribution in [0.3, 0.4) is 0 Å². The Morgan fingerprint density at radius 2 is 1.83 bits per heavy atom. The molecule has 0 N–H and O–H groups in total. The number of rotatable bonds is 3. The molecule has 3 aromatic rings. The molecule has 0 bridgehead atoms. The number of aromatic nitrogens is 2. The number of pyridine rings is 1. The summed E-state index contributed by atoms with van der Waals surface area (Å²) in [5, 5.41) is 0. The predicted molar refractivity (Wildman–Crippen MR) is 97.7 cm³/mol. The summed E-state index contributed by atoms with van der Waals surface area (Å²) >= 11 is 1.39. The highest BCUT2D eigenvalue weighted by atomic mass is 32.1. The summed E-state index contributed by atoms with van der Waals surface area (Å²) in [5.74, 6) is 8.05. The summed E-state index contributed by atoms with van der Waals surface area (Å²) in [4.78, 5) is 5.48. The lowest BCUT2D eigenvalue weighted by Gasteiger charge is -2.09. The monoisotopic (exact) mass is 338 g/mol. The van der Waals surface area contributed by atoms with Crippen LogP contribution in [0.2, 0.25) is 0 Å². The zero-order valence-electron chi connectivity index (χ0n) is 14.1. The molecule has 0 fully saturated rings. The summed E-state index contributed by atoms with van der Waals surface area (Å²) in [5.41, 5.74) is 3.71. The van der Waals surface area contributed by atoms with Crippen LogP contribution in [-0.4, -0.2) is 23.6 Å². The first-order valence-electron chi connectivity index (χ1n) is 7.61. The van der Waals surface area contributed by atoms with E-state index in [1.54, 1.807) is 14.2 Å². The molecule has 0 unspecified atom stereocenters. The number of benzene rings is 1. The van der Waals surface area contributed by atoms with Gasteiger partial charge in [0.2, 0.25) is 0 Å².